The lowest BCUT2D eigenvalue weighted by atomic mass is 10.2. The highest BCUT2D eigenvalue weighted by Crippen LogP contribution is 2.19. The number of rotatable bonds is 0. The fourth-order valence-corrected chi connectivity index (χ4v) is 1.43. The summed E-state index contributed by atoms with van der Waals surface area (Å²) in [6.45, 7) is 5.33. The van der Waals surface area contributed by atoms with E-state index in [2.05, 4.69) is 15.1 Å². The van der Waals surface area contributed by atoms with Crippen LogP contribution in [0.15, 0.2) is 12.5 Å². The Kier molecular flexibility index (Phi) is 2.74. The van der Waals surface area contributed by atoms with Gasteiger partial charge in [-0.25, -0.2) is 14.8 Å². The predicted octanol–water partition coefficient (Wildman–Crippen LogP) is 2.26. The molecule has 6 nitrogen and oxygen atoms in total. The minimum atomic E-state index is -0.595. The summed E-state index contributed by atoms with van der Waals surface area (Å²) in [5.41, 5.74) is -0.258. The molecule has 0 fully saturated rings. The molecule has 0 aliphatic heterocycles. The van der Waals surface area contributed by atoms with Gasteiger partial charge in [0.05, 0.1) is 11.6 Å². The summed E-state index contributed by atoms with van der Waals surface area (Å²) in [6, 6.07) is 0. The van der Waals surface area contributed by atoms with Crippen molar-refractivity contribution in [2.75, 3.05) is 0 Å². The van der Waals surface area contributed by atoms with Crippen molar-refractivity contribution in [3.8, 4) is 0 Å². The average Bonchev–Trinajstić information content (AvgIpc) is 2.60. The number of carbonyl (C=O) groups is 1. The third-order valence-electron chi connectivity index (χ3n) is 1.88. The minimum Gasteiger partial charge on any atom is -0.442 e. The molecule has 2 rings (SSSR count). The van der Waals surface area contributed by atoms with Crippen LogP contribution in [0.5, 0.6) is 0 Å². The summed E-state index contributed by atoms with van der Waals surface area (Å²) >= 11 is 5.85. The number of nitrogens with zero attached hydrogens (tertiary/aromatic N) is 4. The van der Waals surface area contributed by atoms with E-state index < -0.39 is 11.7 Å². The first kappa shape index (κ1) is 11.8. The van der Waals surface area contributed by atoms with Crippen molar-refractivity contribution in [1.82, 2.24) is 19.7 Å². The van der Waals surface area contributed by atoms with Crippen LogP contribution in [0, 0.1) is 0 Å². The van der Waals surface area contributed by atoms with Crippen molar-refractivity contribution >= 4 is 28.7 Å². The lowest BCUT2D eigenvalue weighted by Crippen LogP contribution is -2.27. The van der Waals surface area contributed by atoms with E-state index in [-0.39, 0.29) is 5.15 Å². The molecule has 0 unspecified atom stereocenters. The maximum absolute atomic E-state index is 11.8. The van der Waals surface area contributed by atoms with Crippen LogP contribution in [-0.2, 0) is 4.74 Å². The molecule has 2 aromatic heterocycles. The Balaban J connectivity index is 2.43. The molecule has 0 aromatic carbocycles. The Morgan fingerprint density at radius 3 is 2.76 bits per heavy atom. The second-order valence-electron chi connectivity index (χ2n) is 4.44. The zero-order valence-corrected chi connectivity index (χ0v) is 10.4. The summed E-state index contributed by atoms with van der Waals surface area (Å²) in [7, 11) is 0. The van der Waals surface area contributed by atoms with Crippen molar-refractivity contribution in [2.24, 2.45) is 0 Å². The number of fused-ring (bicyclic) bond motifs is 1. The third kappa shape index (κ3) is 2.36. The highest BCUT2D eigenvalue weighted by atomic mass is 35.5. The number of aromatic nitrogens is 4. The molecule has 2 heterocycles. The van der Waals surface area contributed by atoms with Crippen LogP contribution >= 0.6 is 11.6 Å². The largest absolute Gasteiger partial charge is 0.442 e. The summed E-state index contributed by atoms with van der Waals surface area (Å²) < 4.78 is 6.25. The Labute approximate surface area is 103 Å². The van der Waals surface area contributed by atoms with Gasteiger partial charge < -0.3 is 4.74 Å². The molecule has 0 amide bonds. The summed E-state index contributed by atoms with van der Waals surface area (Å²) in [6.07, 6.45) is 2.11. The lowest BCUT2D eigenvalue weighted by Gasteiger charge is -2.18. The van der Waals surface area contributed by atoms with Crippen molar-refractivity contribution < 1.29 is 9.53 Å². The number of ether oxygens (including phenoxy) is 1. The second kappa shape index (κ2) is 3.96. The molecule has 0 spiro atoms. The molecule has 0 saturated heterocycles. The van der Waals surface area contributed by atoms with E-state index in [1.54, 1.807) is 20.8 Å². The molecule has 7 heteroatoms. The predicted molar refractivity (Wildman–Crippen MR) is 62.0 cm³/mol. The van der Waals surface area contributed by atoms with Crippen LogP contribution in [0.1, 0.15) is 20.8 Å². The number of hydrogen-bond donors (Lipinski definition) is 0. The van der Waals surface area contributed by atoms with Gasteiger partial charge in [-0.05, 0) is 20.8 Å². The van der Waals surface area contributed by atoms with Crippen molar-refractivity contribution in [3.05, 3.63) is 17.7 Å². The average molecular weight is 255 g/mol. The van der Waals surface area contributed by atoms with Gasteiger partial charge >= 0.3 is 6.09 Å². The molecule has 2 aromatic rings. The van der Waals surface area contributed by atoms with Crippen LogP contribution in [0.2, 0.25) is 5.15 Å². The van der Waals surface area contributed by atoms with Crippen LogP contribution in [0.3, 0.4) is 0 Å². The lowest BCUT2D eigenvalue weighted by molar-refractivity contribution is 0.0522. The van der Waals surface area contributed by atoms with E-state index in [1.807, 2.05) is 0 Å². The number of hydrogen-bond acceptors (Lipinski definition) is 5. The SMILES string of the molecule is CC(C)(C)OC(=O)n1ncc2c(Cl)ncnc21. The van der Waals surface area contributed by atoms with Gasteiger partial charge in [-0.15, -0.1) is 4.68 Å². The maximum atomic E-state index is 11.8. The van der Waals surface area contributed by atoms with E-state index in [0.29, 0.717) is 11.0 Å². The molecule has 17 heavy (non-hydrogen) atoms. The molecule has 0 atom stereocenters. The highest BCUT2D eigenvalue weighted by molar-refractivity contribution is 6.33. The van der Waals surface area contributed by atoms with Gasteiger partial charge in [-0.2, -0.15) is 5.10 Å². The Morgan fingerprint density at radius 1 is 1.41 bits per heavy atom. The maximum Gasteiger partial charge on any atom is 0.437 e. The van der Waals surface area contributed by atoms with E-state index in [9.17, 15) is 4.79 Å². The highest BCUT2D eigenvalue weighted by Gasteiger charge is 2.21. The molecule has 0 saturated carbocycles. The first-order chi connectivity index (χ1) is 7.88. The zero-order valence-electron chi connectivity index (χ0n) is 9.64. The topological polar surface area (TPSA) is 69.9 Å². The normalized spacial score (nSPS) is 11.8. The van der Waals surface area contributed by atoms with E-state index >= 15 is 0 Å². The van der Waals surface area contributed by atoms with Crippen LogP contribution in [0.25, 0.3) is 11.0 Å². The van der Waals surface area contributed by atoms with Gasteiger partial charge in [0, 0.05) is 0 Å². The van der Waals surface area contributed by atoms with E-state index in [4.69, 9.17) is 16.3 Å². The Hall–Kier alpha value is -1.69. The fourth-order valence-electron chi connectivity index (χ4n) is 1.25. The number of carbonyl (C=O) groups excluding carboxylic acids is 1. The zero-order chi connectivity index (χ0) is 12.6. The van der Waals surface area contributed by atoms with Gasteiger partial charge in [0.15, 0.2) is 5.65 Å². The summed E-state index contributed by atoms with van der Waals surface area (Å²) in [5.74, 6) is 0. The third-order valence-corrected chi connectivity index (χ3v) is 2.18. The van der Waals surface area contributed by atoms with Gasteiger partial charge in [0.25, 0.3) is 0 Å². The van der Waals surface area contributed by atoms with Gasteiger partial charge in [0.2, 0.25) is 0 Å². The summed E-state index contributed by atoms with van der Waals surface area (Å²) in [5, 5.41) is 4.66. The van der Waals surface area contributed by atoms with Gasteiger partial charge in [-0.3, -0.25) is 0 Å². The fraction of sp³-hybridized carbons (Fsp3) is 0.400. The smallest absolute Gasteiger partial charge is 0.437 e. The standard InChI is InChI=1S/C10H11ClN4O2/c1-10(2,3)17-9(16)15-8-6(4-14-15)7(11)12-5-13-8/h4-5H,1-3H3. The second-order valence-corrected chi connectivity index (χ2v) is 4.80. The van der Waals surface area contributed by atoms with Gasteiger partial charge in [0.1, 0.15) is 17.1 Å². The van der Waals surface area contributed by atoms with Crippen molar-refractivity contribution in [2.45, 2.75) is 26.4 Å². The first-order valence-electron chi connectivity index (χ1n) is 4.96. The molecule has 0 N–H and O–H groups in total. The van der Waals surface area contributed by atoms with Crippen molar-refractivity contribution in [3.63, 3.8) is 0 Å². The monoisotopic (exact) mass is 254 g/mol. The molecular weight excluding hydrogens is 244 g/mol. The minimum absolute atomic E-state index is 0.254. The summed E-state index contributed by atoms with van der Waals surface area (Å²) in [4.78, 5) is 19.6. The Bertz CT molecular complexity index is 573. The molecule has 0 aliphatic carbocycles. The first-order valence-corrected chi connectivity index (χ1v) is 5.34. The molecule has 0 bridgehead atoms. The number of halogens is 1. The van der Waals surface area contributed by atoms with E-state index in [0.717, 1.165) is 4.68 Å². The molecule has 0 radical (unpaired) electrons. The van der Waals surface area contributed by atoms with Crippen LogP contribution in [0.4, 0.5) is 4.79 Å². The molecule has 90 valence electrons. The van der Waals surface area contributed by atoms with Gasteiger partial charge in [-0.1, -0.05) is 11.6 Å². The van der Waals surface area contributed by atoms with E-state index in [1.165, 1.54) is 12.5 Å². The molecule has 0 aliphatic rings. The van der Waals surface area contributed by atoms with Crippen LogP contribution in [-0.4, -0.2) is 31.4 Å². The quantitative estimate of drug-likeness (QED) is 0.675. The Morgan fingerprint density at radius 2 is 2.12 bits per heavy atom. The van der Waals surface area contributed by atoms with Crippen LogP contribution < -0.4 is 0 Å². The molecular formula is C10H11ClN4O2. The van der Waals surface area contributed by atoms with Crippen molar-refractivity contribution in [1.29, 1.82) is 0 Å².